The molecule has 0 fully saturated rings. The van der Waals surface area contributed by atoms with E-state index in [0.29, 0.717) is 19.4 Å². The molecule has 0 spiro atoms. The predicted molar refractivity (Wildman–Crippen MR) is 111 cm³/mol. The van der Waals surface area contributed by atoms with Gasteiger partial charge < -0.3 is 9.57 Å². The van der Waals surface area contributed by atoms with E-state index < -0.39 is 9.84 Å². The summed E-state index contributed by atoms with van der Waals surface area (Å²) in [7, 11) is -3.23. The largest absolute Gasteiger partial charge is 0.407 e. The van der Waals surface area contributed by atoms with Gasteiger partial charge in [0.25, 0.3) is 0 Å². The molecule has 0 saturated carbocycles. The lowest BCUT2D eigenvalue weighted by Gasteiger charge is -2.15. The molecular weight excluding hydrogens is 390 g/mol. The molecular formula is C22H25NO5S. The molecule has 0 amide bonds. The number of benzene rings is 2. The van der Waals surface area contributed by atoms with Crippen LogP contribution in [-0.2, 0) is 24.2 Å². The van der Waals surface area contributed by atoms with Crippen molar-refractivity contribution in [2.45, 2.75) is 37.5 Å². The first-order chi connectivity index (χ1) is 13.8. The fourth-order valence-electron chi connectivity index (χ4n) is 3.28. The van der Waals surface area contributed by atoms with Crippen molar-refractivity contribution in [3.05, 3.63) is 54.1 Å². The van der Waals surface area contributed by atoms with Crippen LogP contribution in [0.5, 0.6) is 0 Å². The van der Waals surface area contributed by atoms with Gasteiger partial charge in [-0.15, -0.1) is 0 Å². The van der Waals surface area contributed by atoms with Gasteiger partial charge in [-0.1, -0.05) is 55.4 Å². The molecule has 2 aromatic carbocycles. The summed E-state index contributed by atoms with van der Waals surface area (Å²) >= 11 is 0. The number of rotatable bonds is 6. The predicted octanol–water partition coefficient (Wildman–Crippen LogP) is 4.16. The van der Waals surface area contributed by atoms with Crippen LogP contribution in [0.1, 0.15) is 38.2 Å². The van der Waals surface area contributed by atoms with Gasteiger partial charge in [0, 0.05) is 6.26 Å². The van der Waals surface area contributed by atoms with Crippen molar-refractivity contribution in [2.75, 3.05) is 12.9 Å². The van der Waals surface area contributed by atoms with Gasteiger partial charge >= 0.3 is 5.97 Å². The summed E-state index contributed by atoms with van der Waals surface area (Å²) in [4.78, 5) is 17.8. The second-order valence-electron chi connectivity index (χ2n) is 7.13. The van der Waals surface area contributed by atoms with Crippen LogP contribution in [0.2, 0.25) is 0 Å². The minimum atomic E-state index is -3.23. The molecule has 1 atom stereocenters. The lowest BCUT2D eigenvalue weighted by atomic mass is 9.95. The number of ether oxygens (including phenoxy) is 1. The molecule has 0 bridgehead atoms. The Morgan fingerprint density at radius 3 is 2.45 bits per heavy atom. The Labute approximate surface area is 171 Å². The Hall–Kier alpha value is -2.67. The first-order valence-electron chi connectivity index (χ1n) is 9.65. The standard InChI is InChI=1S/C22H25NO5S/c1-4-15(5-2)22(24)28-21-20(14-27-23-21)18-8-6-7-17(13-18)16-9-11-19(12-10-16)29(3,25)26/h6-13,15,20H,4-5,14H2,1-3H3. The van der Waals surface area contributed by atoms with Crippen LogP contribution in [-0.4, -0.2) is 33.1 Å². The number of hydrogen-bond donors (Lipinski definition) is 0. The van der Waals surface area contributed by atoms with Crippen LogP contribution in [0.4, 0.5) is 0 Å². The smallest absolute Gasteiger partial charge is 0.315 e. The number of nitrogens with zero attached hydrogens (tertiary/aromatic N) is 1. The van der Waals surface area contributed by atoms with E-state index in [2.05, 4.69) is 5.16 Å². The van der Waals surface area contributed by atoms with Crippen LogP contribution in [0.15, 0.2) is 58.6 Å². The van der Waals surface area contributed by atoms with Gasteiger partial charge in [0.1, 0.15) is 12.5 Å². The van der Waals surface area contributed by atoms with Crippen LogP contribution in [0.25, 0.3) is 11.1 Å². The summed E-state index contributed by atoms with van der Waals surface area (Å²) < 4.78 is 28.9. The third-order valence-corrected chi connectivity index (χ3v) is 6.25. The Kier molecular flexibility index (Phi) is 6.37. The molecule has 1 heterocycles. The molecule has 0 aromatic heterocycles. The molecule has 6 nitrogen and oxygen atoms in total. The highest BCUT2D eigenvalue weighted by Crippen LogP contribution is 2.29. The Bertz CT molecular complexity index is 1010. The van der Waals surface area contributed by atoms with Gasteiger partial charge in [-0.05, 0) is 41.7 Å². The van der Waals surface area contributed by atoms with E-state index >= 15 is 0 Å². The topological polar surface area (TPSA) is 82.0 Å². The summed E-state index contributed by atoms with van der Waals surface area (Å²) in [6.45, 7) is 4.22. The quantitative estimate of drug-likeness (QED) is 0.662. The first kappa shape index (κ1) is 21.0. The minimum absolute atomic E-state index is 0.154. The van der Waals surface area contributed by atoms with E-state index in [1.165, 1.54) is 6.26 Å². The summed E-state index contributed by atoms with van der Waals surface area (Å²) in [5, 5.41) is 3.93. The average Bonchev–Trinajstić information content (AvgIpc) is 3.16. The average molecular weight is 416 g/mol. The fourth-order valence-corrected chi connectivity index (χ4v) is 3.91. The second kappa shape index (κ2) is 8.78. The highest BCUT2D eigenvalue weighted by Gasteiger charge is 2.31. The van der Waals surface area contributed by atoms with Gasteiger partial charge in [0.15, 0.2) is 9.84 Å². The minimum Gasteiger partial charge on any atom is -0.407 e. The maximum Gasteiger partial charge on any atom is 0.315 e. The van der Waals surface area contributed by atoms with Gasteiger partial charge in [-0.25, -0.2) is 8.42 Å². The molecule has 2 aromatic rings. The zero-order chi connectivity index (χ0) is 21.0. The third-order valence-electron chi connectivity index (χ3n) is 5.12. The highest BCUT2D eigenvalue weighted by atomic mass is 32.2. The number of hydrogen-bond acceptors (Lipinski definition) is 6. The SMILES string of the molecule is CCC(CC)C(=O)OC1=NOCC1c1cccc(-c2ccc(S(C)(=O)=O)cc2)c1. The van der Waals surface area contributed by atoms with Gasteiger partial charge in [-0.2, -0.15) is 0 Å². The molecule has 29 heavy (non-hydrogen) atoms. The van der Waals surface area contributed by atoms with E-state index in [1.54, 1.807) is 24.3 Å². The van der Waals surface area contributed by atoms with Crippen molar-refractivity contribution in [3.8, 4) is 11.1 Å². The zero-order valence-corrected chi connectivity index (χ0v) is 17.6. The maximum atomic E-state index is 12.3. The molecule has 1 aliphatic heterocycles. The van der Waals surface area contributed by atoms with Crippen LogP contribution >= 0.6 is 0 Å². The lowest BCUT2D eigenvalue weighted by Crippen LogP contribution is -2.23. The van der Waals surface area contributed by atoms with Crippen LogP contribution in [0, 0.1) is 5.92 Å². The lowest BCUT2D eigenvalue weighted by molar-refractivity contribution is -0.140. The van der Waals surface area contributed by atoms with E-state index in [9.17, 15) is 13.2 Å². The fraction of sp³-hybridized carbons (Fsp3) is 0.364. The normalized spacial score (nSPS) is 16.4. The van der Waals surface area contributed by atoms with Crippen molar-refractivity contribution in [1.29, 1.82) is 0 Å². The summed E-state index contributed by atoms with van der Waals surface area (Å²) in [5.74, 6) is -0.412. The number of esters is 1. The van der Waals surface area contributed by atoms with E-state index in [1.807, 2.05) is 38.1 Å². The molecule has 7 heteroatoms. The highest BCUT2D eigenvalue weighted by molar-refractivity contribution is 7.90. The molecule has 154 valence electrons. The van der Waals surface area contributed by atoms with E-state index in [4.69, 9.17) is 9.57 Å². The number of carbonyl (C=O) groups excluding carboxylic acids is 1. The van der Waals surface area contributed by atoms with Crippen LogP contribution in [0.3, 0.4) is 0 Å². The molecule has 0 aliphatic carbocycles. The monoisotopic (exact) mass is 415 g/mol. The molecule has 0 radical (unpaired) electrons. The molecule has 1 unspecified atom stereocenters. The number of carbonyl (C=O) groups is 1. The molecule has 0 N–H and O–H groups in total. The first-order valence-corrected chi connectivity index (χ1v) is 11.5. The number of oxime groups is 1. The Morgan fingerprint density at radius 2 is 1.83 bits per heavy atom. The third kappa shape index (κ3) is 4.85. The van der Waals surface area contributed by atoms with Gasteiger partial charge in [0.2, 0.25) is 5.90 Å². The van der Waals surface area contributed by atoms with E-state index in [0.717, 1.165) is 16.7 Å². The second-order valence-corrected chi connectivity index (χ2v) is 9.15. The molecule has 1 aliphatic rings. The van der Waals surface area contributed by atoms with Crippen LogP contribution < -0.4 is 0 Å². The van der Waals surface area contributed by atoms with Gasteiger partial charge in [0.05, 0.1) is 10.8 Å². The van der Waals surface area contributed by atoms with Crippen molar-refractivity contribution in [1.82, 2.24) is 0 Å². The Morgan fingerprint density at radius 1 is 1.14 bits per heavy atom. The van der Waals surface area contributed by atoms with Crippen molar-refractivity contribution in [2.24, 2.45) is 11.1 Å². The number of sulfone groups is 1. The molecule has 0 saturated heterocycles. The van der Waals surface area contributed by atoms with Crippen molar-refractivity contribution < 1.29 is 22.8 Å². The molecule has 3 rings (SSSR count). The van der Waals surface area contributed by atoms with Gasteiger partial charge in [-0.3, -0.25) is 4.79 Å². The van der Waals surface area contributed by atoms with Crippen molar-refractivity contribution in [3.63, 3.8) is 0 Å². The summed E-state index contributed by atoms with van der Waals surface area (Å²) in [6, 6.07) is 14.5. The maximum absolute atomic E-state index is 12.3. The Balaban J connectivity index is 1.82. The zero-order valence-electron chi connectivity index (χ0n) is 16.8. The van der Waals surface area contributed by atoms with E-state index in [-0.39, 0.29) is 28.6 Å². The van der Waals surface area contributed by atoms with Crippen molar-refractivity contribution >= 4 is 21.7 Å². The summed E-state index contributed by atoms with van der Waals surface area (Å²) in [6.07, 6.45) is 2.62. The summed E-state index contributed by atoms with van der Waals surface area (Å²) in [5.41, 5.74) is 2.74.